The number of rotatable bonds is 3. The van der Waals surface area contributed by atoms with Gasteiger partial charge in [0.05, 0.1) is 7.11 Å². The fourth-order valence-electron chi connectivity index (χ4n) is 0.826. The number of ether oxygens (including phenoxy) is 1. The number of hydrogen-bond donors (Lipinski definition) is 0. The van der Waals surface area contributed by atoms with E-state index in [0.29, 0.717) is 4.88 Å². The molecule has 4 heteroatoms. The standard InChI is InChI=1S/C8H10O2S2/c1-10-8(9)7-3-6(4-11-2)5-12-7/h3,5H,4H2,1-2H3. The van der Waals surface area contributed by atoms with Crippen LogP contribution in [0, 0.1) is 0 Å². The number of carbonyl (C=O) groups is 1. The number of carbonyl (C=O) groups excluding carboxylic acids is 1. The minimum absolute atomic E-state index is 0.243. The Balaban J connectivity index is 2.70. The van der Waals surface area contributed by atoms with Gasteiger partial charge < -0.3 is 4.74 Å². The van der Waals surface area contributed by atoms with Gasteiger partial charge in [-0.3, -0.25) is 0 Å². The molecule has 0 saturated carbocycles. The van der Waals surface area contributed by atoms with Gasteiger partial charge in [-0.2, -0.15) is 11.8 Å². The zero-order valence-corrected chi connectivity index (χ0v) is 8.63. The predicted octanol–water partition coefficient (Wildman–Crippen LogP) is 2.40. The Morgan fingerprint density at radius 1 is 1.75 bits per heavy atom. The van der Waals surface area contributed by atoms with Crippen LogP contribution in [-0.2, 0) is 10.5 Å². The molecule has 12 heavy (non-hydrogen) atoms. The van der Waals surface area contributed by atoms with Crippen LogP contribution in [0.25, 0.3) is 0 Å². The normalized spacial score (nSPS) is 9.83. The Kier molecular flexibility index (Phi) is 3.62. The first kappa shape index (κ1) is 9.61. The Labute approximate surface area is 79.9 Å². The molecule has 0 saturated heterocycles. The highest BCUT2D eigenvalue weighted by Crippen LogP contribution is 2.18. The van der Waals surface area contributed by atoms with Crippen molar-refractivity contribution in [2.45, 2.75) is 5.75 Å². The molecule has 0 bridgehead atoms. The molecular weight excluding hydrogens is 192 g/mol. The second-order valence-electron chi connectivity index (χ2n) is 2.24. The van der Waals surface area contributed by atoms with E-state index in [4.69, 9.17) is 0 Å². The highest BCUT2D eigenvalue weighted by molar-refractivity contribution is 7.97. The summed E-state index contributed by atoms with van der Waals surface area (Å²) in [6.07, 6.45) is 2.04. The summed E-state index contributed by atoms with van der Waals surface area (Å²) in [6.45, 7) is 0. The summed E-state index contributed by atoms with van der Waals surface area (Å²) >= 11 is 3.18. The van der Waals surface area contributed by atoms with Crippen molar-refractivity contribution in [2.75, 3.05) is 13.4 Å². The van der Waals surface area contributed by atoms with Gasteiger partial charge in [0.1, 0.15) is 4.88 Å². The molecule has 0 radical (unpaired) electrons. The number of methoxy groups -OCH3 is 1. The van der Waals surface area contributed by atoms with E-state index in [1.54, 1.807) is 11.8 Å². The molecule has 0 N–H and O–H groups in total. The van der Waals surface area contributed by atoms with Gasteiger partial charge in [0.2, 0.25) is 0 Å². The molecular formula is C8H10O2S2. The zero-order chi connectivity index (χ0) is 8.97. The van der Waals surface area contributed by atoms with Gasteiger partial charge >= 0.3 is 5.97 Å². The van der Waals surface area contributed by atoms with Crippen molar-refractivity contribution in [3.05, 3.63) is 21.9 Å². The van der Waals surface area contributed by atoms with Crippen molar-refractivity contribution in [1.29, 1.82) is 0 Å². The maximum absolute atomic E-state index is 11.0. The zero-order valence-electron chi connectivity index (χ0n) is 6.99. The molecule has 0 unspecified atom stereocenters. The summed E-state index contributed by atoms with van der Waals surface area (Å²) < 4.78 is 4.59. The molecule has 0 aliphatic heterocycles. The van der Waals surface area contributed by atoms with E-state index in [0.717, 1.165) is 5.75 Å². The van der Waals surface area contributed by atoms with Crippen LogP contribution in [0.15, 0.2) is 11.4 Å². The van der Waals surface area contributed by atoms with Crippen LogP contribution in [0.5, 0.6) is 0 Å². The summed E-state index contributed by atoms with van der Waals surface area (Å²) in [5.41, 5.74) is 1.19. The fraction of sp³-hybridized carbons (Fsp3) is 0.375. The van der Waals surface area contributed by atoms with Crippen LogP contribution in [0.1, 0.15) is 15.2 Å². The minimum Gasteiger partial charge on any atom is -0.465 e. The minimum atomic E-state index is -0.243. The van der Waals surface area contributed by atoms with Crippen LogP contribution in [-0.4, -0.2) is 19.3 Å². The number of hydrogen-bond acceptors (Lipinski definition) is 4. The predicted molar refractivity (Wildman–Crippen MR) is 52.9 cm³/mol. The third-order valence-electron chi connectivity index (χ3n) is 1.35. The first-order valence-electron chi connectivity index (χ1n) is 3.42. The van der Waals surface area contributed by atoms with E-state index < -0.39 is 0 Å². The Morgan fingerprint density at radius 2 is 2.50 bits per heavy atom. The number of thiophene rings is 1. The van der Waals surface area contributed by atoms with Gasteiger partial charge in [0.15, 0.2) is 0 Å². The lowest BCUT2D eigenvalue weighted by Crippen LogP contribution is -1.96. The molecule has 66 valence electrons. The maximum Gasteiger partial charge on any atom is 0.348 e. The molecule has 1 aromatic rings. The van der Waals surface area contributed by atoms with Gasteiger partial charge in [0.25, 0.3) is 0 Å². The molecule has 0 aromatic carbocycles. The van der Waals surface area contributed by atoms with E-state index in [-0.39, 0.29) is 5.97 Å². The Hall–Kier alpha value is -0.480. The lowest BCUT2D eigenvalue weighted by atomic mass is 10.3. The molecule has 0 fully saturated rings. The first-order chi connectivity index (χ1) is 5.77. The molecule has 1 rings (SSSR count). The van der Waals surface area contributed by atoms with Crippen LogP contribution < -0.4 is 0 Å². The SMILES string of the molecule is COC(=O)c1cc(CSC)cs1. The van der Waals surface area contributed by atoms with Gasteiger partial charge in [-0.1, -0.05) is 0 Å². The van der Waals surface area contributed by atoms with Crippen molar-refractivity contribution in [3.63, 3.8) is 0 Å². The molecule has 1 aromatic heterocycles. The van der Waals surface area contributed by atoms with Gasteiger partial charge in [-0.15, -0.1) is 11.3 Å². The van der Waals surface area contributed by atoms with E-state index in [1.807, 2.05) is 17.7 Å². The molecule has 0 amide bonds. The van der Waals surface area contributed by atoms with Gasteiger partial charge in [0, 0.05) is 5.75 Å². The largest absolute Gasteiger partial charge is 0.465 e. The quantitative estimate of drug-likeness (QED) is 0.704. The van der Waals surface area contributed by atoms with Crippen LogP contribution in [0.2, 0.25) is 0 Å². The fourth-order valence-corrected chi connectivity index (χ4v) is 2.26. The average molecular weight is 202 g/mol. The highest BCUT2D eigenvalue weighted by Gasteiger charge is 2.07. The first-order valence-corrected chi connectivity index (χ1v) is 5.70. The van der Waals surface area contributed by atoms with E-state index in [9.17, 15) is 4.79 Å². The van der Waals surface area contributed by atoms with Crippen molar-refractivity contribution in [3.8, 4) is 0 Å². The summed E-state index contributed by atoms with van der Waals surface area (Å²) in [5, 5.41) is 1.99. The van der Waals surface area contributed by atoms with Gasteiger partial charge in [-0.05, 0) is 23.3 Å². The second-order valence-corrected chi connectivity index (χ2v) is 4.02. The molecule has 1 heterocycles. The van der Waals surface area contributed by atoms with Crippen LogP contribution in [0.4, 0.5) is 0 Å². The van der Waals surface area contributed by atoms with Crippen molar-refractivity contribution in [2.24, 2.45) is 0 Å². The maximum atomic E-state index is 11.0. The van der Waals surface area contributed by atoms with Crippen molar-refractivity contribution in [1.82, 2.24) is 0 Å². The third-order valence-corrected chi connectivity index (χ3v) is 2.93. The summed E-state index contributed by atoms with van der Waals surface area (Å²) in [7, 11) is 1.40. The molecule has 0 atom stereocenters. The lowest BCUT2D eigenvalue weighted by Gasteiger charge is -1.92. The molecule has 0 aliphatic rings. The van der Waals surface area contributed by atoms with E-state index in [1.165, 1.54) is 24.0 Å². The third kappa shape index (κ3) is 2.25. The van der Waals surface area contributed by atoms with Crippen molar-refractivity contribution < 1.29 is 9.53 Å². The Morgan fingerprint density at radius 3 is 3.08 bits per heavy atom. The van der Waals surface area contributed by atoms with E-state index >= 15 is 0 Å². The summed E-state index contributed by atoms with van der Waals surface area (Å²) in [6, 6.07) is 1.88. The highest BCUT2D eigenvalue weighted by atomic mass is 32.2. The number of esters is 1. The summed E-state index contributed by atoms with van der Waals surface area (Å²) in [5.74, 6) is 0.709. The van der Waals surface area contributed by atoms with Crippen LogP contribution in [0.3, 0.4) is 0 Å². The Bertz CT molecular complexity index is 268. The number of thioether (sulfide) groups is 1. The molecule has 0 aliphatic carbocycles. The molecule has 2 nitrogen and oxygen atoms in total. The molecule has 0 spiro atoms. The lowest BCUT2D eigenvalue weighted by molar-refractivity contribution is 0.0606. The second kappa shape index (κ2) is 4.52. The smallest absolute Gasteiger partial charge is 0.348 e. The van der Waals surface area contributed by atoms with E-state index in [2.05, 4.69) is 4.74 Å². The monoisotopic (exact) mass is 202 g/mol. The van der Waals surface area contributed by atoms with Crippen LogP contribution >= 0.6 is 23.1 Å². The summed E-state index contributed by atoms with van der Waals surface area (Å²) in [4.78, 5) is 11.7. The van der Waals surface area contributed by atoms with Crippen molar-refractivity contribution >= 4 is 29.1 Å². The average Bonchev–Trinajstić information content (AvgIpc) is 2.52. The van der Waals surface area contributed by atoms with Gasteiger partial charge in [-0.25, -0.2) is 4.79 Å². The topological polar surface area (TPSA) is 26.3 Å².